The molecule has 1 heterocycles. The van der Waals surface area contributed by atoms with E-state index in [1.54, 1.807) is 0 Å². The fourth-order valence-electron chi connectivity index (χ4n) is 1.85. The molecule has 0 amide bonds. The molecule has 2 rings (SSSR count). The van der Waals surface area contributed by atoms with E-state index in [0.29, 0.717) is 6.42 Å². The van der Waals surface area contributed by atoms with Crippen LogP contribution in [0.25, 0.3) is 0 Å². The van der Waals surface area contributed by atoms with E-state index < -0.39 is 12.0 Å². The molecular formula is C9H13N3O2. The molecule has 1 aliphatic carbocycles. The molecule has 0 aromatic carbocycles. The van der Waals surface area contributed by atoms with Gasteiger partial charge in [-0.05, 0) is 24.8 Å². The maximum atomic E-state index is 10.6. The van der Waals surface area contributed by atoms with Gasteiger partial charge in [0.1, 0.15) is 6.04 Å². The molecule has 76 valence electrons. The van der Waals surface area contributed by atoms with Crippen LogP contribution in [0.2, 0.25) is 0 Å². The number of aromatic amines is 1. The van der Waals surface area contributed by atoms with Crippen molar-refractivity contribution in [3.8, 4) is 0 Å². The standard InChI is InChI=1S/C9H13N3O2/c10-6(9(13)14)4-8-5-2-1-3-7(5)11-12-8/h6H,1-4,10H2,(H,11,12)(H,13,14)/t6-/m0/s1. The molecule has 0 radical (unpaired) electrons. The van der Waals surface area contributed by atoms with Crippen molar-refractivity contribution >= 4 is 5.97 Å². The number of nitrogens with two attached hydrogens (primary N) is 1. The van der Waals surface area contributed by atoms with Crippen molar-refractivity contribution in [1.82, 2.24) is 10.2 Å². The number of hydrogen-bond acceptors (Lipinski definition) is 3. The molecule has 0 saturated heterocycles. The second kappa shape index (κ2) is 3.42. The predicted octanol–water partition coefficient (Wildman–Crippen LogP) is -0.147. The topological polar surface area (TPSA) is 92.0 Å². The highest BCUT2D eigenvalue weighted by Crippen LogP contribution is 2.23. The second-order valence-corrected chi connectivity index (χ2v) is 3.63. The monoisotopic (exact) mass is 195 g/mol. The summed E-state index contributed by atoms with van der Waals surface area (Å²) >= 11 is 0. The van der Waals surface area contributed by atoms with Crippen LogP contribution >= 0.6 is 0 Å². The van der Waals surface area contributed by atoms with Gasteiger partial charge in [0.15, 0.2) is 0 Å². The number of aromatic nitrogens is 2. The molecular weight excluding hydrogens is 182 g/mol. The summed E-state index contributed by atoms with van der Waals surface area (Å²) in [6, 6.07) is -0.844. The van der Waals surface area contributed by atoms with Gasteiger partial charge in [0, 0.05) is 12.1 Å². The van der Waals surface area contributed by atoms with Crippen molar-refractivity contribution < 1.29 is 9.90 Å². The van der Waals surface area contributed by atoms with Crippen LogP contribution in [0.15, 0.2) is 0 Å². The predicted molar refractivity (Wildman–Crippen MR) is 49.9 cm³/mol. The van der Waals surface area contributed by atoms with E-state index in [9.17, 15) is 4.79 Å². The molecule has 0 unspecified atom stereocenters. The van der Waals surface area contributed by atoms with E-state index in [1.165, 1.54) is 5.56 Å². The summed E-state index contributed by atoms with van der Waals surface area (Å²) in [5.74, 6) is -0.972. The Bertz CT molecular complexity index is 359. The van der Waals surface area contributed by atoms with Gasteiger partial charge >= 0.3 is 5.97 Å². The highest BCUT2D eigenvalue weighted by Gasteiger charge is 2.21. The zero-order chi connectivity index (χ0) is 10.1. The maximum absolute atomic E-state index is 10.6. The molecule has 5 nitrogen and oxygen atoms in total. The molecule has 1 atom stereocenters. The normalized spacial score (nSPS) is 16.6. The smallest absolute Gasteiger partial charge is 0.320 e. The summed E-state index contributed by atoms with van der Waals surface area (Å²) in [6.45, 7) is 0. The average Bonchev–Trinajstić information content (AvgIpc) is 2.69. The Morgan fingerprint density at radius 1 is 1.64 bits per heavy atom. The number of aliphatic carboxylic acids is 1. The fraction of sp³-hybridized carbons (Fsp3) is 0.556. The van der Waals surface area contributed by atoms with E-state index in [0.717, 1.165) is 30.7 Å². The molecule has 1 aromatic rings. The van der Waals surface area contributed by atoms with Crippen LogP contribution in [0.1, 0.15) is 23.4 Å². The number of carbonyl (C=O) groups is 1. The van der Waals surface area contributed by atoms with Crippen LogP contribution in [0.3, 0.4) is 0 Å². The van der Waals surface area contributed by atoms with E-state index in [-0.39, 0.29) is 0 Å². The summed E-state index contributed by atoms with van der Waals surface area (Å²) in [7, 11) is 0. The minimum Gasteiger partial charge on any atom is -0.480 e. The van der Waals surface area contributed by atoms with Gasteiger partial charge in [-0.25, -0.2) is 0 Å². The lowest BCUT2D eigenvalue weighted by molar-refractivity contribution is -0.138. The third kappa shape index (κ3) is 1.50. The molecule has 0 aliphatic heterocycles. The highest BCUT2D eigenvalue weighted by molar-refractivity contribution is 5.73. The summed E-state index contributed by atoms with van der Waals surface area (Å²) in [4.78, 5) is 10.6. The summed E-state index contributed by atoms with van der Waals surface area (Å²) in [6.07, 6.45) is 3.46. The van der Waals surface area contributed by atoms with E-state index in [4.69, 9.17) is 10.8 Å². The number of rotatable bonds is 3. The van der Waals surface area contributed by atoms with Crippen molar-refractivity contribution in [2.75, 3.05) is 0 Å². The van der Waals surface area contributed by atoms with Gasteiger partial charge in [0.05, 0.1) is 5.69 Å². The lowest BCUT2D eigenvalue weighted by Gasteiger charge is -2.04. The number of fused-ring (bicyclic) bond motifs is 1. The first-order chi connectivity index (χ1) is 6.68. The van der Waals surface area contributed by atoms with E-state index in [1.807, 2.05) is 0 Å². The van der Waals surface area contributed by atoms with Gasteiger partial charge in [-0.1, -0.05) is 0 Å². The Morgan fingerprint density at radius 3 is 3.14 bits per heavy atom. The van der Waals surface area contributed by atoms with Crippen LogP contribution in [-0.4, -0.2) is 27.3 Å². The van der Waals surface area contributed by atoms with Crippen LogP contribution in [-0.2, 0) is 24.1 Å². The molecule has 1 aliphatic rings. The quantitative estimate of drug-likeness (QED) is 0.625. The zero-order valence-corrected chi connectivity index (χ0v) is 7.79. The number of aryl methyl sites for hydroxylation is 1. The molecule has 5 heteroatoms. The second-order valence-electron chi connectivity index (χ2n) is 3.63. The Morgan fingerprint density at radius 2 is 2.43 bits per heavy atom. The van der Waals surface area contributed by atoms with Crippen molar-refractivity contribution in [1.29, 1.82) is 0 Å². The van der Waals surface area contributed by atoms with E-state index >= 15 is 0 Å². The first kappa shape index (κ1) is 9.21. The summed E-state index contributed by atoms with van der Waals surface area (Å²) in [5.41, 5.74) is 8.61. The zero-order valence-electron chi connectivity index (χ0n) is 7.79. The third-order valence-corrected chi connectivity index (χ3v) is 2.62. The molecule has 1 aromatic heterocycles. The summed E-state index contributed by atoms with van der Waals surface area (Å²) < 4.78 is 0. The van der Waals surface area contributed by atoms with Crippen LogP contribution < -0.4 is 5.73 Å². The number of hydrogen-bond donors (Lipinski definition) is 3. The Kier molecular flexibility index (Phi) is 2.25. The van der Waals surface area contributed by atoms with Crippen molar-refractivity contribution in [3.05, 3.63) is 17.0 Å². The van der Waals surface area contributed by atoms with Crippen molar-refractivity contribution in [2.45, 2.75) is 31.7 Å². The van der Waals surface area contributed by atoms with Gasteiger partial charge in [0.2, 0.25) is 0 Å². The minimum absolute atomic E-state index is 0.321. The SMILES string of the molecule is N[C@@H](Cc1n[nH]c2c1CCC2)C(=O)O. The van der Waals surface area contributed by atoms with Crippen LogP contribution in [0.5, 0.6) is 0 Å². The molecule has 0 saturated carbocycles. The molecule has 4 N–H and O–H groups in total. The lowest BCUT2D eigenvalue weighted by Crippen LogP contribution is -2.32. The molecule has 0 spiro atoms. The Labute approximate surface area is 81.3 Å². The van der Waals surface area contributed by atoms with Crippen molar-refractivity contribution in [2.24, 2.45) is 5.73 Å². The fourth-order valence-corrected chi connectivity index (χ4v) is 1.85. The van der Waals surface area contributed by atoms with Crippen molar-refractivity contribution in [3.63, 3.8) is 0 Å². The van der Waals surface area contributed by atoms with E-state index in [2.05, 4.69) is 10.2 Å². The Balaban J connectivity index is 2.14. The lowest BCUT2D eigenvalue weighted by atomic mass is 10.1. The van der Waals surface area contributed by atoms with Gasteiger partial charge in [-0.15, -0.1) is 0 Å². The first-order valence-corrected chi connectivity index (χ1v) is 4.72. The number of nitrogens with zero attached hydrogens (tertiary/aromatic N) is 1. The third-order valence-electron chi connectivity index (χ3n) is 2.62. The molecule has 0 fully saturated rings. The average molecular weight is 195 g/mol. The number of carboxylic acid groups (broad SMARTS) is 1. The van der Waals surface area contributed by atoms with Crippen LogP contribution in [0, 0.1) is 0 Å². The van der Waals surface area contributed by atoms with Crippen LogP contribution in [0.4, 0.5) is 0 Å². The minimum atomic E-state index is -0.972. The Hall–Kier alpha value is -1.36. The van der Waals surface area contributed by atoms with Gasteiger partial charge in [0.25, 0.3) is 0 Å². The maximum Gasteiger partial charge on any atom is 0.320 e. The van der Waals surface area contributed by atoms with Gasteiger partial charge < -0.3 is 10.8 Å². The summed E-state index contributed by atoms with van der Waals surface area (Å²) in [5, 5.41) is 15.7. The molecule has 14 heavy (non-hydrogen) atoms. The number of H-pyrrole nitrogens is 1. The molecule has 0 bridgehead atoms. The number of nitrogens with one attached hydrogen (secondary N) is 1. The van der Waals surface area contributed by atoms with Gasteiger partial charge in [-0.3, -0.25) is 9.89 Å². The largest absolute Gasteiger partial charge is 0.480 e. The van der Waals surface area contributed by atoms with Gasteiger partial charge in [-0.2, -0.15) is 5.10 Å². The first-order valence-electron chi connectivity index (χ1n) is 4.72. The number of carboxylic acids is 1. The highest BCUT2D eigenvalue weighted by atomic mass is 16.4.